The van der Waals surface area contributed by atoms with E-state index in [-0.39, 0.29) is 0 Å². The van der Waals surface area contributed by atoms with E-state index in [2.05, 4.69) is 6.92 Å². The highest BCUT2D eigenvalue weighted by Crippen LogP contribution is 2.14. The normalized spacial score (nSPS) is 12.0. The Morgan fingerprint density at radius 2 is 1.25 bits per heavy atom. The van der Waals surface area contributed by atoms with Gasteiger partial charge in [-0.2, -0.15) is 0 Å². The van der Waals surface area contributed by atoms with Gasteiger partial charge in [-0.25, -0.2) is 0 Å². The van der Waals surface area contributed by atoms with Crippen LogP contribution in [0.15, 0.2) is 0 Å². The Morgan fingerprint density at radius 3 is 1.81 bits per heavy atom. The second-order valence-electron chi connectivity index (χ2n) is 5.00. The van der Waals surface area contributed by atoms with Crippen LogP contribution < -0.4 is 17.2 Å². The molecule has 0 heterocycles. The summed E-state index contributed by atoms with van der Waals surface area (Å²) in [5, 5.41) is 0. The Hall–Kier alpha value is -0.120. The molecular weight excluding hydrogens is 198 g/mol. The summed E-state index contributed by atoms with van der Waals surface area (Å²) in [5.41, 5.74) is 16.9. The highest BCUT2D eigenvalue weighted by molar-refractivity contribution is 4.76. The molecule has 0 aliphatic heterocycles. The molecule has 0 saturated heterocycles. The maximum absolute atomic E-state index is 5.99. The fraction of sp³-hybridized carbons (Fsp3) is 1.00. The molecule has 0 aromatic rings. The fourth-order valence-electron chi connectivity index (χ4n) is 1.97. The van der Waals surface area contributed by atoms with Crippen LogP contribution in [0.4, 0.5) is 0 Å². The smallest absolute Gasteiger partial charge is 0.0637 e. The van der Waals surface area contributed by atoms with Crippen LogP contribution in [0, 0.1) is 0 Å². The van der Waals surface area contributed by atoms with Gasteiger partial charge in [0.05, 0.1) is 5.66 Å². The number of nitrogens with two attached hydrogens (primary N) is 3. The van der Waals surface area contributed by atoms with Crippen molar-refractivity contribution in [2.45, 2.75) is 76.8 Å². The molecule has 0 spiro atoms. The standard InChI is InChI=1S/C13H31N3/c1-2-3-4-5-6-7-8-10-13(15,16)11-9-12-14/h2-12,14-16H2,1H3. The van der Waals surface area contributed by atoms with Gasteiger partial charge in [0.2, 0.25) is 0 Å². The lowest BCUT2D eigenvalue weighted by Gasteiger charge is -2.24. The topological polar surface area (TPSA) is 78.1 Å². The summed E-state index contributed by atoms with van der Waals surface area (Å²) in [6, 6.07) is 0. The van der Waals surface area contributed by atoms with Crippen LogP contribution in [0.3, 0.4) is 0 Å². The second-order valence-corrected chi connectivity index (χ2v) is 5.00. The Morgan fingerprint density at radius 1 is 0.750 bits per heavy atom. The van der Waals surface area contributed by atoms with Gasteiger partial charge < -0.3 is 17.2 Å². The van der Waals surface area contributed by atoms with Gasteiger partial charge in [0.1, 0.15) is 0 Å². The minimum Gasteiger partial charge on any atom is -0.330 e. The molecule has 6 N–H and O–H groups in total. The minimum absolute atomic E-state index is 0.483. The van der Waals surface area contributed by atoms with Crippen molar-refractivity contribution in [1.82, 2.24) is 0 Å². The summed E-state index contributed by atoms with van der Waals surface area (Å²) in [4.78, 5) is 0. The first kappa shape index (κ1) is 15.9. The van der Waals surface area contributed by atoms with Crippen LogP contribution in [0.25, 0.3) is 0 Å². The number of rotatable bonds is 11. The van der Waals surface area contributed by atoms with Gasteiger partial charge in [-0.1, -0.05) is 51.9 Å². The van der Waals surface area contributed by atoms with E-state index in [0.29, 0.717) is 6.54 Å². The van der Waals surface area contributed by atoms with Crippen LogP contribution in [0.2, 0.25) is 0 Å². The fourth-order valence-corrected chi connectivity index (χ4v) is 1.97. The maximum Gasteiger partial charge on any atom is 0.0637 e. The van der Waals surface area contributed by atoms with Crippen LogP contribution in [0.5, 0.6) is 0 Å². The molecule has 0 radical (unpaired) electrons. The van der Waals surface area contributed by atoms with Crippen LogP contribution in [0.1, 0.15) is 71.1 Å². The molecule has 0 amide bonds. The molecule has 98 valence electrons. The first-order valence-corrected chi connectivity index (χ1v) is 6.90. The van der Waals surface area contributed by atoms with E-state index in [9.17, 15) is 0 Å². The van der Waals surface area contributed by atoms with E-state index in [0.717, 1.165) is 25.7 Å². The zero-order chi connectivity index (χ0) is 12.3. The lowest BCUT2D eigenvalue weighted by atomic mass is 9.97. The summed E-state index contributed by atoms with van der Waals surface area (Å²) < 4.78 is 0. The Labute approximate surface area is 101 Å². The van der Waals surface area contributed by atoms with Crippen molar-refractivity contribution in [2.75, 3.05) is 6.54 Å². The monoisotopic (exact) mass is 229 g/mol. The molecule has 0 saturated carbocycles. The van der Waals surface area contributed by atoms with Crippen LogP contribution >= 0.6 is 0 Å². The SMILES string of the molecule is CCCCCCCCCC(N)(N)CCCN. The number of unbranched alkanes of at least 4 members (excludes halogenated alkanes) is 6. The zero-order valence-corrected chi connectivity index (χ0v) is 11.0. The summed E-state index contributed by atoms with van der Waals surface area (Å²) in [5.74, 6) is 0. The number of hydrogen-bond donors (Lipinski definition) is 3. The first-order chi connectivity index (χ1) is 7.62. The van der Waals surface area contributed by atoms with Crippen molar-refractivity contribution >= 4 is 0 Å². The molecule has 0 aliphatic carbocycles. The average Bonchev–Trinajstić information content (AvgIpc) is 2.25. The van der Waals surface area contributed by atoms with E-state index in [4.69, 9.17) is 17.2 Å². The van der Waals surface area contributed by atoms with Crippen molar-refractivity contribution in [1.29, 1.82) is 0 Å². The number of hydrogen-bond acceptors (Lipinski definition) is 3. The lowest BCUT2D eigenvalue weighted by molar-refractivity contribution is 0.353. The molecular formula is C13H31N3. The highest BCUT2D eigenvalue weighted by Gasteiger charge is 2.16. The summed E-state index contributed by atoms with van der Waals surface area (Å²) in [6.07, 6.45) is 11.9. The molecule has 16 heavy (non-hydrogen) atoms. The van der Waals surface area contributed by atoms with Crippen molar-refractivity contribution in [3.63, 3.8) is 0 Å². The van der Waals surface area contributed by atoms with E-state index < -0.39 is 5.66 Å². The van der Waals surface area contributed by atoms with Gasteiger partial charge in [0.15, 0.2) is 0 Å². The Bertz CT molecular complexity index is 146. The van der Waals surface area contributed by atoms with Crippen molar-refractivity contribution < 1.29 is 0 Å². The predicted octanol–water partition coefficient (Wildman–Crippen LogP) is 2.48. The molecule has 0 rings (SSSR count). The largest absolute Gasteiger partial charge is 0.330 e. The zero-order valence-electron chi connectivity index (χ0n) is 11.0. The van der Waals surface area contributed by atoms with Crippen molar-refractivity contribution in [2.24, 2.45) is 17.2 Å². The van der Waals surface area contributed by atoms with Gasteiger partial charge in [0, 0.05) is 0 Å². The summed E-state index contributed by atoms with van der Waals surface area (Å²) in [6.45, 7) is 2.93. The molecule has 0 aromatic heterocycles. The quantitative estimate of drug-likeness (QED) is 0.376. The minimum atomic E-state index is -0.483. The molecule has 3 nitrogen and oxygen atoms in total. The molecule has 0 bridgehead atoms. The third kappa shape index (κ3) is 10.4. The lowest BCUT2D eigenvalue weighted by Crippen LogP contribution is -2.49. The highest BCUT2D eigenvalue weighted by atomic mass is 14.9. The molecule has 0 aliphatic rings. The van der Waals surface area contributed by atoms with E-state index in [1.54, 1.807) is 0 Å². The maximum atomic E-state index is 5.99. The molecule has 0 atom stereocenters. The molecule has 0 unspecified atom stereocenters. The van der Waals surface area contributed by atoms with Crippen molar-refractivity contribution in [3.05, 3.63) is 0 Å². The van der Waals surface area contributed by atoms with Gasteiger partial charge >= 0.3 is 0 Å². The first-order valence-electron chi connectivity index (χ1n) is 6.90. The summed E-state index contributed by atoms with van der Waals surface area (Å²) in [7, 11) is 0. The van der Waals surface area contributed by atoms with Crippen LogP contribution in [-0.2, 0) is 0 Å². The molecule has 0 aromatic carbocycles. The molecule has 0 fully saturated rings. The third-order valence-electron chi connectivity index (χ3n) is 3.09. The van der Waals surface area contributed by atoms with Gasteiger partial charge in [0.25, 0.3) is 0 Å². The van der Waals surface area contributed by atoms with Crippen LogP contribution in [-0.4, -0.2) is 12.2 Å². The van der Waals surface area contributed by atoms with E-state index in [1.165, 1.54) is 38.5 Å². The Kier molecular flexibility index (Phi) is 9.99. The third-order valence-corrected chi connectivity index (χ3v) is 3.09. The average molecular weight is 229 g/mol. The second kappa shape index (κ2) is 10.1. The summed E-state index contributed by atoms with van der Waals surface area (Å²) >= 11 is 0. The van der Waals surface area contributed by atoms with E-state index >= 15 is 0 Å². The van der Waals surface area contributed by atoms with Gasteiger partial charge in [-0.3, -0.25) is 0 Å². The van der Waals surface area contributed by atoms with E-state index in [1.807, 2.05) is 0 Å². The molecule has 3 heteroatoms. The Balaban J connectivity index is 3.29. The predicted molar refractivity (Wildman–Crippen MR) is 72.0 cm³/mol. The van der Waals surface area contributed by atoms with Gasteiger partial charge in [-0.15, -0.1) is 0 Å². The van der Waals surface area contributed by atoms with Crippen molar-refractivity contribution in [3.8, 4) is 0 Å². The van der Waals surface area contributed by atoms with Gasteiger partial charge in [-0.05, 0) is 25.8 Å².